The Morgan fingerprint density at radius 1 is 1.06 bits per heavy atom. The SMILES string of the molecule is CC(=O)c1ccc(NC(=O)CSc2ncnc3c2nnn3Cc2ccc(Cl)cc2)cc1. The number of carbonyl (C=O) groups excluding carboxylic acids is 2. The van der Waals surface area contributed by atoms with Gasteiger partial charge >= 0.3 is 0 Å². The van der Waals surface area contributed by atoms with Gasteiger partial charge in [0.05, 0.1) is 12.3 Å². The number of benzene rings is 2. The van der Waals surface area contributed by atoms with Crippen LogP contribution < -0.4 is 5.32 Å². The summed E-state index contributed by atoms with van der Waals surface area (Å²) in [6.45, 7) is 1.99. The van der Waals surface area contributed by atoms with E-state index in [1.54, 1.807) is 28.9 Å². The molecule has 0 atom stereocenters. The van der Waals surface area contributed by atoms with E-state index in [0.717, 1.165) is 5.56 Å². The Hall–Kier alpha value is -3.30. The number of ketones is 1. The maximum absolute atomic E-state index is 12.3. The summed E-state index contributed by atoms with van der Waals surface area (Å²) in [6, 6.07) is 14.2. The van der Waals surface area contributed by atoms with Crippen LogP contribution in [-0.2, 0) is 11.3 Å². The zero-order valence-corrected chi connectivity index (χ0v) is 18.0. The van der Waals surface area contributed by atoms with Crippen LogP contribution in [0.2, 0.25) is 5.02 Å². The molecule has 1 amide bonds. The van der Waals surface area contributed by atoms with E-state index < -0.39 is 0 Å². The minimum Gasteiger partial charge on any atom is -0.325 e. The van der Waals surface area contributed by atoms with Crippen molar-refractivity contribution in [3.63, 3.8) is 0 Å². The van der Waals surface area contributed by atoms with Crippen LogP contribution in [0, 0.1) is 0 Å². The molecule has 0 aliphatic rings. The highest BCUT2D eigenvalue weighted by Gasteiger charge is 2.14. The van der Waals surface area contributed by atoms with Crippen molar-refractivity contribution in [2.24, 2.45) is 0 Å². The van der Waals surface area contributed by atoms with Gasteiger partial charge in [-0.1, -0.05) is 40.7 Å². The Bertz CT molecular complexity index is 1240. The Morgan fingerprint density at radius 2 is 1.81 bits per heavy atom. The fourth-order valence-electron chi connectivity index (χ4n) is 2.87. The molecule has 31 heavy (non-hydrogen) atoms. The highest BCUT2D eigenvalue weighted by molar-refractivity contribution is 8.00. The second-order valence-corrected chi connectivity index (χ2v) is 8.10. The summed E-state index contributed by atoms with van der Waals surface area (Å²) in [4.78, 5) is 32.2. The van der Waals surface area contributed by atoms with Crippen LogP contribution in [0.25, 0.3) is 11.2 Å². The third-order valence-electron chi connectivity index (χ3n) is 4.43. The van der Waals surface area contributed by atoms with Crippen molar-refractivity contribution in [3.05, 3.63) is 71.0 Å². The molecule has 10 heteroatoms. The lowest BCUT2D eigenvalue weighted by molar-refractivity contribution is -0.113. The molecule has 0 fully saturated rings. The molecule has 2 aromatic heterocycles. The molecule has 0 aliphatic heterocycles. The van der Waals surface area contributed by atoms with Crippen molar-refractivity contribution in [3.8, 4) is 0 Å². The fraction of sp³-hybridized carbons (Fsp3) is 0.143. The number of halogens is 1. The summed E-state index contributed by atoms with van der Waals surface area (Å²) in [5, 5.41) is 12.4. The number of hydrogen-bond acceptors (Lipinski definition) is 7. The molecule has 0 radical (unpaired) electrons. The molecule has 1 N–H and O–H groups in total. The predicted octanol–water partition coefficient (Wildman–Crippen LogP) is 3.86. The first-order chi connectivity index (χ1) is 15.0. The first-order valence-corrected chi connectivity index (χ1v) is 10.7. The van der Waals surface area contributed by atoms with Gasteiger partial charge in [0.1, 0.15) is 11.4 Å². The molecule has 2 aromatic carbocycles. The lowest BCUT2D eigenvalue weighted by atomic mass is 10.1. The molecular weight excluding hydrogens is 436 g/mol. The van der Waals surface area contributed by atoms with Crippen molar-refractivity contribution < 1.29 is 9.59 Å². The molecule has 156 valence electrons. The van der Waals surface area contributed by atoms with Gasteiger partial charge in [-0.2, -0.15) is 0 Å². The number of Topliss-reactive ketones (excluding diaryl/α,β-unsaturated/α-hetero) is 1. The molecule has 0 bridgehead atoms. The monoisotopic (exact) mass is 452 g/mol. The first kappa shape index (κ1) is 21.0. The Kier molecular flexibility index (Phi) is 6.24. The number of carbonyl (C=O) groups is 2. The van der Waals surface area contributed by atoms with Crippen molar-refractivity contribution in [2.45, 2.75) is 18.5 Å². The van der Waals surface area contributed by atoms with Crippen molar-refractivity contribution >= 4 is 51.9 Å². The molecule has 0 spiro atoms. The maximum Gasteiger partial charge on any atom is 0.234 e. The quantitative estimate of drug-likeness (QED) is 0.258. The Morgan fingerprint density at radius 3 is 2.52 bits per heavy atom. The minimum atomic E-state index is -0.194. The van der Waals surface area contributed by atoms with Gasteiger partial charge in [0.15, 0.2) is 16.9 Å². The highest BCUT2D eigenvalue weighted by Crippen LogP contribution is 2.23. The van der Waals surface area contributed by atoms with Gasteiger partial charge in [-0.3, -0.25) is 9.59 Å². The Labute approximate surface area is 187 Å². The van der Waals surface area contributed by atoms with Crippen LogP contribution in [0.4, 0.5) is 5.69 Å². The summed E-state index contributed by atoms with van der Waals surface area (Å²) >= 11 is 7.19. The van der Waals surface area contributed by atoms with Gasteiger partial charge in [0.2, 0.25) is 5.91 Å². The van der Waals surface area contributed by atoms with E-state index in [2.05, 4.69) is 25.6 Å². The molecule has 0 saturated carbocycles. The van der Waals surface area contributed by atoms with Gasteiger partial charge in [-0.05, 0) is 48.9 Å². The largest absolute Gasteiger partial charge is 0.325 e. The number of fused-ring (bicyclic) bond motifs is 1. The summed E-state index contributed by atoms with van der Waals surface area (Å²) in [5.74, 6) is -0.0730. The molecule has 0 aliphatic carbocycles. The topological polar surface area (TPSA) is 103 Å². The second kappa shape index (κ2) is 9.23. The smallest absolute Gasteiger partial charge is 0.234 e. The van der Waals surface area contributed by atoms with E-state index in [0.29, 0.717) is 39.0 Å². The van der Waals surface area contributed by atoms with E-state index >= 15 is 0 Å². The number of nitrogens with zero attached hydrogens (tertiary/aromatic N) is 5. The zero-order valence-electron chi connectivity index (χ0n) is 16.4. The predicted molar refractivity (Wildman–Crippen MR) is 119 cm³/mol. The number of amides is 1. The standard InChI is InChI=1S/C21H17ClN6O2S/c1-13(29)15-4-8-17(9-5-15)25-18(30)11-31-21-19-20(23-12-24-21)28(27-26-19)10-14-2-6-16(22)7-3-14/h2-9,12H,10-11H2,1H3,(H,25,30). The van der Waals surface area contributed by atoms with E-state index in [4.69, 9.17) is 11.6 Å². The fourth-order valence-corrected chi connectivity index (χ4v) is 3.72. The van der Waals surface area contributed by atoms with Crippen LogP contribution in [-0.4, -0.2) is 42.4 Å². The lowest BCUT2D eigenvalue weighted by Crippen LogP contribution is -2.14. The number of hydrogen-bond donors (Lipinski definition) is 1. The van der Waals surface area contributed by atoms with Crippen molar-refractivity contribution in [1.29, 1.82) is 0 Å². The molecule has 4 rings (SSSR count). The van der Waals surface area contributed by atoms with Gasteiger partial charge in [0, 0.05) is 16.3 Å². The number of thioether (sulfide) groups is 1. The number of nitrogens with one attached hydrogen (secondary N) is 1. The first-order valence-electron chi connectivity index (χ1n) is 9.32. The van der Waals surface area contributed by atoms with E-state index in [1.807, 2.05) is 24.3 Å². The summed E-state index contributed by atoms with van der Waals surface area (Å²) in [6.07, 6.45) is 1.44. The molecule has 2 heterocycles. The minimum absolute atomic E-state index is 0.0229. The van der Waals surface area contributed by atoms with Gasteiger partial charge < -0.3 is 5.32 Å². The van der Waals surface area contributed by atoms with E-state index in [-0.39, 0.29) is 17.4 Å². The summed E-state index contributed by atoms with van der Waals surface area (Å²) < 4.78 is 1.68. The average molecular weight is 453 g/mol. The van der Waals surface area contributed by atoms with E-state index in [9.17, 15) is 9.59 Å². The van der Waals surface area contributed by atoms with E-state index in [1.165, 1.54) is 25.0 Å². The number of anilines is 1. The summed E-state index contributed by atoms with van der Waals surface area (Å²) in [7, 11) is 0. The Balaban J connectivity index is 1.42. The molecular formula is C21H17ClN6O2S. The maximum atomic E-state index is 12.3. The molecule has 0 saturated heterocycles. The number of rotatable bonds is 7. The average Bonchev–Trinajstić information content (AvgIpc) is 3.17. The van der Waals surface area contributed by atoms with Crippen LogP contribution in [0.5, 0.6) is 0 Å². The van der Waals surface area contributed by atoms with Gasteiger partial charge in [-0.15, -0.1) is 5.10 Å². The van der Waals surface area contributed by atoms with Crippen LogP contribution >= 0.6 is 23.4 Å². The normalized spacial score (nSPS) is 10.9. The number of aromatic nitrogens is 5. The second-order valence-electron chi connectivity index (χ2n) is 6.69. The molecule has 4 aromatic rings. The zero-order chi connectivity index (χ0) is 21.8. The van der Waals surface area contributed by atoms with Crippen molar-refractivity contribution in [1.82, 2.24) is 25.0 Å². The molecule has 8 nitrogen and oxygen atoms in total. The highest BCUT2D eigenvalue weighted by atomic mass is 35.5. The van der Waals surface area contributed by atoms with Gasteiger partial charge in [0.25, 0.3) is 0 Å². The van der Waals surface area contributed by atoms with Crippen molar-refractivity contribution in [2.75, 3.05) is 11.1 Å². The van der Waals surface area contributed by atoms with Crippen LogP contribution in [0.3, 0.4) is 0 Å². The van der Waals surface area contributed by atoms with Gasteiger partial charge in [-0.25, -0.2) is 14.6 Å². The lowest BCUT2D eigenvalue weighted by Gasteiger charge is -2.06. The van der Waals surface area contributed by atoms with Crippen LogP contribution in [0.1, 0.15) is 22.8 Å². The summed E-state index contributed by atoms with van der Waals surface area (Å²) in [5.41, 5.74) is 3.36. The van der Waals surface area contributed by atoms with Crippen LogP contribution in [0.15, 0.2) is 59.9 Å². The third-order valence-corrected chi connectivity index (χ3v) is 5.66. The third kappa shape index (κ3) is 5.07. The molecule has 0 unspecified atom stereocenters.